The molecule has 0 amide bonds. The summed E-state index contributed by atoms with van der Waals surface area (Å²) < 4.78 is 51.7. The fourth-order valence-electron chi connectivity index (χ4n) is 15.6. The Kier molecular flexibility index (Phi) is 110. The van der Waals surface area contributed by atoms with Crippen LogP contribution in [-0.4, -0.2) is 256 Å². The topological polar surface area (TPSA) is 246 Å². The van der Waals surface area contributed by atoms with Gasteiger partial charge in [-0.05, 0) is 115 Å². The molecule has 0 saturated carbocycles. The van der Waals surface area contributed by atoms with Gasteiger partial charge in [0.25, 0.3) is 0 Å². The van der Waals surface area contributed by atoms with E-state index in [1.165, 1.54) is 326 Å². The number of unbranched alkanes of at least 4 members (excludes halogenated alkanes) is 45. The summed E-state index contributed by atoms with van der Waals surface area (Å²) in [5, 5.41) is 0. The number of carbonyl (C=O) groups is 9. The summed E-state index contributed by atoms with van der Waals surface area (Å²) in [5.41, 5.74) is -0.185. The van der Waals surface area contributed by atoms with E-state index >= 15 is 0 Å². The van der Waals surface area contributed by atoms with Gasteiger partial charge in [-0.15, -0.1) is 0 Å². The molecular weight excluding hydrogens is 2050 g/mol. The van der Waals surface area contributed by atoms with Crippen molar-refractivity contribution >= 4 is 183 Å². The molecule has 0 heterocycles. The van der Waals surface area contributed by atoms with Crippen LogP contribution >= 0.6 is 130 Å². The van der Waals surface area contributed by atoms with Crippen molar-refractivity contribution in [2.75, 3.05) is 187 Å². The van der Waals surface area contributed by atoms with E-state index in [0.29, 0.717) is 172 Å². The van der Waals surface area contributed by atoms with Crippen molar-refractivity contribution in [1.82, 2.24) is 14.7 Å². The van der Waals surface area contributed by atoms with Gasteiger partial charge >= 0.3 is 53.7 Å². The number of ether oxygens (including phenoxy) is 9. The van der Waals surface area contributed by atoms with Crippen LogP contribution in [0.1, 0.15) is 458 Å². The molecule has 21 nitrogen and oxygen atoms in total. The highest BCUT2D eigenvalue weighted by atomic mass is 33.1. The lowest BCUT2D eigenvalue weighted by atomic mass is 10.1. The zero-order chi connectivity index (χ0) is 104. The first kappa shape index (κ1) is 141. The van der Waals surface area contributed by atoms with Gasteiger partial charge in [-0.1, -0.05) is 441 Å². The van der Waals surface area contributed by atoms with E-state index in [1.807, 2.05) is 79.5 Å². The Labute approximate surface area is 924 Å². The van der Waals surface area contributed by atoms with Crippen molar-refractivity contribution in [2.24, 2.45) is 0 Å². The van der Waals surface area contributed by atoms with Crippen LogP contribution in [0.15, 0.2) is 18.2 Å². The maximum atomic E-state index is 14.3. The predicted octanol–water partition coefficient (Wildman–Crippen LogP) is 32.1. The van der Waals surface area contributed by atoms with Crippen molar-refractivity contribution in [3.8, 4) is 0 Å². The summed E-state index contributed by atoms with van der Waals surface area (Å²) in [6, 6.07) is 4.06. The Morgan fingerprint density at radius 3 is 0.472 bits per heavy atom. The van der Waals surface area contributed by atoms with Gasteiger partial charge in [0.1, 0.15) is 39.6 Å². The number of carbonyl (C=O) groups excluding carboxylic acids is 9. The van der Waals surface area contributed by atoms with Crippen LogP contribution in [0.2, 0.25) is 0 Å². The van der Waals surface area contributed by atoms with Crippen LogP contribution < -0.4 is 0 Å². The standard InChI is InChI=1S/C111H201N3O18S12/c1-7-13-19-25-31-37-43-55-85-133-139-91-79-124-103(115)61-70-112(71-62-104(116)125-80-92-140-134-86-56-44-38-32-26-20-14-8-2)67-49-52-76-130-109(121)100-97-101(110(122)131-77-53-50-68-113(72-63-105(117)126-81-93-141-135-87-57-45-39-33-27-21-15-9-3)73-64-106(118)127-82-94-142-136-88-58-46-40-34-28-22-16-10-4)99-102(98-100)111(123)132-78-54-51-69-114(74-65-107(119)128-83-95-143-137-89-59-47-41-35-29-23-17-11-5)75-66-108(120)129-84-96-144-138-90-60-48-42-36-30-24-18-12-6/h97-99H,7-96H2,1-6H3. The average molecular weight is 2250 g/mol. The normalized spacial score (nSPS) is 11.5. The Balaban J connectivity index is 3.40. The quantitative estimate of drug-likeness (QED) is 0.0254. The Bertz CT molecular complexity index is 2670. The summed E-state index contributed by atoms with van der Waals surface area (Å²) in [4.78, 5) is 128. The summed E-state index contributed by atoms with van der Waals surface area (Å²) in [6.07, 6.45) is 65.1. The van der Waals surface area contributed by atoms with E-state index in [1.54, 1.807) is 64.8 Å². The van der Waals surface area contributed by atoms with E-state index in [2.05, 4.69) is 41.5 Å². The molecule has 0 radical (unpaired) electrons. The van der Waals surface area contributed by atoms with Gasteiger partial charge in [0, 0.05) is 108 Å². The Morgan fingerprint density at radius 2 is 0.312 bits per heavy atom. The molecule has 0 atom stereocenters. The minimum absolute atomic E-state index is 0.0150. The van der Waals surface area contributed by atoms with Crippen molar-refractivity contribution in [1.29, 1.82) is 0 Å². The molecule has 0 aromatic heterocycles. The smallest absolute Gasteiger partial charge is 0.338 e. The second kappa shape index (κ2) is 113. The third-order valence-electron chi connectivity index (χ3n) is 24.3. The summed E-state index contributed by atoms with van der Waals surface area (Å²) >= 11 is 0. The molecule has 0 fully saturated rings. The van der Waals surface area contributed by atoms with E-state index in [9.17, 15) is 43.2 Å². The highest BCUT2D eigenvalue weighted by molar-refractivity contribution is 8.78. The molecule has 0 bridgehead atoms. The van der Waals surface area contributed by atoms with Gasteiger partial charge in [-0.2, -0.15) is 0 Å². The van der Waals surface area contributed by atoms with E-state index in [0.717, 1.165) is 34.5 Å². The van der Waals surface area contributed by atoms with Gasteiger partial charge < -0.3 is 57.3 Å². The van der Waals surface area contributed by atoms with Crippen LogP contribution in [0, 0.1) is 0 Å². The SMILES string of the molecule is CCCCCCCCCCSSCCOC(=O)CCN(CCCCOC(=O)c1cc(C(=O)OCCCCN(CCC(=O)OCCSSCCCCCCCCCC)CCC(=O)OCCSSCCCCCCCCCC)cc(C(=O)OCCCCN(CCC(=O)OCCSSCCCCCCCCCC)CCC(=O)OCCSSCCCCCCCCCC)c1)CCC(=O)OCCSSCCCCCCCCCC. The molecule has 1 aromatic rings. The molecule has 0 N–H and O–H groups in total. The van der Waals surface area contributed by atoms with E-state index in [4.69, 9.17) is 42.6 Å². The predicted molar refractivity (Wildman–Crippen MR) is 633 cm³/mol. The van der Waals surface area contributed by atoms with Gasteiger partial charge in [-0.3, -0.25) is 28.8 Å². The number of rotatable bonds is 114. The molecular formula is C111H201N3O18S12. The van der Waals surface area contributed by atoms with E-state index < -0.39 is 17.9 Å². The van der Waals surface area contributed by atoms with Gasteiger partial charge in [0.2, 0.25) is 0 Å². The number of hydrogen-bond donors (Lipinski definition) is 0. The zero-order valence-corrected chi connectivity index (χ0v) is 101. The molecule has 0 aliphatic carbocycles. The molecule has 1 aromatic carbocycles. The highest BCUT2D eigenvalue weighted by Crippen LogP contribution is 2.30. The summed E-state index contributed by atoms with van der Waals surface area (Å²) in [6.45, 7) is 18.9. The van der Waals surface area contributed by atoms with E-state index in [-0.39, 0.29) is 111 Å². The zero-order valence-electron chi connectivity index (χ0n) is 91.0. The van der Waals surface area contributed by atoms with Crippen LogP contribution in [0.5, 0.6) is 0 Å². The largest absolute Gasteiger partial charge is 0.465 e. The first-order chi connectivity index (χ1) is 70.7. The fourth-order valence-corrected chi connectivity index (χ4v) is 27.4. The van der Waals surface area contributed by atoms with Crippen molar-refractivity contribution in [2.45, 2.75) is 427 Å². The molecule has 1 rings (SSSR count). The maximum Gasteiger partial charge on any atom is 0.338 e. The molecule has 0 spiro atoms. The molecule has 33 heteroatoms. The lowest BCUT2D eigenvalue weighted by molar-refractivity contribution is -0.145. The summed E-state index contributed by atoms with van der Waals surface area (Å²) in [7, 11) is 21.4. The van der Waals surface area contributed by atoms with Crippen LogP contribution in [-0.2, 0) is 71.4 Å². The molecule has 840 valence electrons. The van der Waals surface area contributed by atoms with Crippen LogP contribution in [0.3, 0.4) is 0 Å². The van der Waals surface area contributed by atoms with Crippen LogP contribution in [0.4, 0.5) is 0 Å². The lowest BCUT2D eigenvalue weighted by Gasteiger charge is -2.21. The van der Waals surface area contributed by atoms with Crippen molar-refractivity contribution in [3.63, 3.8) is 0 Å². The molecule has 0 saturated heterocycles. The first-order valence-electron chi connectivity index (χ1n) is 56.9. The number of esters is 9. The van der Waals surface area contributed by atoms with Crippen molar-refractivity contribution in [3.05, 3.63) is 34.9 Å². The molecule has 0 aliphatic heterocycles. The number of benzene rings is 1. The Morgan fingerprint density at radius 1 is 0.167 bits per heavy atom. The number of nitrogens with zero attached hydrogens (tertiary/aromatic N) is 3. The highest BCUT2D eigenvalue weighted by Gasteiger charge is 2.23. The van der Waals surface area contributed by atoms with Gasteiger partial charge in [0.15, 0.2) is 0 Å². The molecule has 0 unspecified atom stereocenters. The monoisotopic (exact) mass is 2250 g/mol. The third kappa shape index (κ3) is 98.7. The fraction of sp³-hybridized carbons (Fsp3) is 0.865. The third-order valence-corrected chi connectivity index (χ3v) is 39.0. The molecule has 0 aliphatic rings. The second-order valence-corrected chi connectivity index (χ2v) is 53.6. The first-order valence-corrected chi connectivity index (χ1v) is 71.9. The summed E-state index contributed by atoms with van der Waals surface area (Å²) in [5.74, 6) is 6.48. The number of hydrogen-bond acceptors (Lipinski definition) is 33. The Hall–Kier alpha value is -1.47. The van der Waals surface area contributed by atoms with Gasteiger partial charge in [0.05, 0.1) is 75.0 Å². The minimum Gasteiger partial charge on any atom is -0.465 e. The second-order valence-electron chi connectivity index (χ2n) is 37.4. The van der Waals surface area contributed by atoms with Gasteiger partial charge in [-0.25, -0.2) is 14.4 Å². The minimum atomic E-state index is -0.773. The average Bonchev–Trinajstić information content (AvgIpc) is 0.824. The molecule has 144 heavy (non-hydrogen) atoms. The lowest BCUT2D eigenvalue weighted by Crippen LogP contribution is -2.31. The van der Waals surface area contributed by atoms with Crippen LogP contribution in [0.25, 0.3) is 0 Å². The van der Waals surface area contributed by atoms with Crippen molar-refractivity contribution < 1.29 is 85.8 Å². The maximum absolute atomic E-state index is 14.3.